The van der Waals surface area contributed by atoms with Crippen LogP contribution in [0.15, 0.2) is 4.47 Å². The fraction of sp³-hybridized carbons (Fsp3) is 0.643. The molecule has 1 unspecified atom stereocenters. The summed E-state index contributed by atoms with van der Waals surface area (Å²) in [5.74, 6) is -0.177. The van der Waals surface area contributed by atoms with E-state index in [1.807, 2.05) is 25.5 Å². The van der Waals surface area contributed by atoms with Gasteiger partial charge in [-0.2, -0.15) is 5.10 Å². The molecule has 1 aromatic rings. The number of amides is 3. The van der Waals surface area contributed by atoms with Crippen molar-refractivity contribution in [1.82, 2.24) is 20.0 Å². The summed E-state index contributed by atoms with van der Waals surface area (Å²) in [5.41, 5.74) is 1.00. The molecule has 0 bridgehead atoms. The van der Waals surface area contributed by atoms with Crippen molar-refractivity contribution >= 4 is 27.9 Å². The predicted molar refractivity (Wildman–Crippen MR) is 82.8 cm³/mol. The van der Waals surface area contributed by atoms with Crippen LogP contribution in [-0.2, 0) is 24.3 Å². The number of nitrogens with one attached hydrogen (secondary N) is 1. The molecule has 1 aliphatic rings. The highest BCUT2D eigenvalue weighted by Gasteiger charge is 2.46. The predicted octanol–water partition coefficient (Wildman–Crippen LogP) is 2.45. The van der Waals surface area contributed by atoms with E-state index in [4.69, 9.17) is 0 Å². The van der Waals surface area contributed by atoms with Crippen LogP contribution in [0.5, 0.6) is 0 Å². The lowest BCUT2D eigenvalue weighted by atomic mass is 9.99. The number of nitrogens with zero attached hydrogens (tertiary/aromatic N) is 3. The first-order chi connectivity index (χ1) is 9.87. The number of carbonyl (C=O) groups is 2. The zero-order valence-corrected chi connectivity index (χ0v) is 14.5. The summed E-state index contributed by atoms with van der Waals surface area (Å²) in [4.78, 5) is 25.8. The summed E-state index contributed by atoms with van der Waals surface area (Å²) < 4.78 is 2.72. The molecule has 1 atom stereocenters. The Morgan fingerprint density at radius 3 is 2.43 bits per heavy atom. The second-order valence-electron chi connectivity index (χ2n) is 5.38. The summed E-state index contributed by atoms with van der Waals surface area (Å²) in [6.07, 6.45) is 1.37. The maximum Gasteiger partial charge on any atom is 0.325 e. The molecule has 2 rings (SSSR count). The number of hydrogen-bond donors (Lipinski definition) is 1. The molecule has 7 heteroatoms. The van der Waals surface area contributed by atoms with E-state index >= 15 is 0 Å². The Labute approximate surface area is 133 Å². The van der Waals surface area contributed by atoms with Gasteiger partial charge in [0.1, 0.15) is 5.54 Å². The Kier molecular flexibility index (Phi) is 4.41. The molecule has 0 aliphatic carbocycles. The Morgan fingerprint density at radius 2 is 1.95 bits per heavy atom. The van der Waals surface area contributed by atoms with Gasteiger partial charge in [-0.05, 0) is 42.6 Å². The lowest BCUT2D eigenvalue weighted by Gasteiger charge is -2.19. The van der Waals surface area contributed by atoms with Crippen LogP contribution in [0.2, 0.25) is 0 Å². The molecule has 1 fully saturated rings. The zero-order valence-electron chi connectivity index (χ0n) is 12.9. The van der Waals surface area contributed by atoms with Crippen molar-refractivity contribution in [1.29, 1.82) is 0 Å². The first kappa shape index (κ1) is 16.0. The normalized spacial score (nSPS) is 22.0. The molecule has 1 N–H and O–H groups in total. The SMILES string of the molecule is CCc1nn(CC)c(CN2C(=O)NC(C)(CC)C2=O)c1Br. The van der Waals surface area contributed by atoms with E-state index in [1.165, 1.54) is 4.90 Å². The first-order valence-electron chi connectivity index (χ1n) is 7.26. The number of halogens is 1. The minimum Gasteiger partial charge on any atom is -0.323 e. The van der Waals surface area contributed by atoms with Crippen molar-refractivity contribution in [3.63, 3.8) is 0 Å². The lowest BCUT2D eigenvalue weighted by molar-refractivity contribution is -0.131. The van der Waals surface area contributed by atoms with Crippen molar-refractivity contribution in [2.45, 2.75) is 59.2 Å². The highest BCUT2D eigenvalue weighted by Crippen LogP contribution is 2.27. The molecular weight excluding hydrogens is 336 g/mol. The van der Waals surface area contributed by atoms with Gasteiger partial charge >= 0.3 is 6.03 Å². The number of aryl methyl sites for hydroxylation is 2. The molecule has 0 radical (unpaired) electrons. The van der Waals surface area contributed by atoms with Crippen molar-refractivity contribution in [3.8, 4) is 0 Å². The maximum atomic E-state index is 12.5. The summed E-state index contributed by atoms with van der Waals surface area (Å²) in [7, 11) is 0. The largest absolute Gasteiger partial charge is 0.325 e. The molecule has 3 amide bonds. The van der Waals surface area contributed by atoms with E-state index in [0.29, 0.717) is 13.0 Å². The Hall–Kier alpha value is -1.37. The smallest absolute Gasteiger partial charge is 0.323 e. The average Bonchev–Trinajstić information content (AvgIpc) is 2.89. The summed E-state index contributed by atoms with van der Waals surface area (Å²) >= 11 is 3.54. The third-order valence-electron chi connectivity index (χ3n) is 4.05. The van der Waals surface area contributed by atoms with Gasteiger partial charge in [0.25, 0.3) is 5.91 Å². The standard InChI is InChI=1S/C14H21BrN4O2/c1-5-9-11(15)10(19(7-3)17-9)8-18-12(20)14(4,6-2)16-13(18)21/h5-8H2,1-4H3,(H,16,21). The van der Waals surface area contributed by atoms with Crippen LogP contribution in [0.25, 0.3) is 0 Å². The quantitative estimate of drug-likeness (QED) is 0.824. The van der Waals surface area contributed by atoms with E-state index in [-0.39, 0.29) is 18.5 Å². The van der Waals surface area contributed by atoms with Crippen molar-refractivity contribution in [3.05, 3.63) is 15.9 Å². The fourth-order valence-corrected chi connectivity index (χ4v) is 3.14. The number of carbonyl (C=O) groups excluding carboxylic acids is 2. The molecule has 2 heterocycles. The highest BCUT2D eigenvalue weighted by atomic mass is 79.9. The molecule has 6 nitrogen and oxygen atoms in total. The van der Waals surface area contributed by atoms with Gasteiger partial charge in [-0.25, -0.2) is 4.79 Å². The molecule has 0 aromatic carbocycles. The van der Waals surface area contributed by atoms with Gasteiger partial charge in [-0.1, -0.05) is 13.8 Å². The van der Waals surface area contributed by atoms with Gasteiger partial charge < -0.3 is 5.32 Å². The number of aromatic nitrogens is 2. The molecule has 1 saturated heterocycles. The van der Waals surface area contributed by atoms with Crippen LogP contribution in [0.3, 0.4) is 0 Å². The van der Waals surface area contributed by atoms with E-state index in [9.17, 15) is 9.59 Å². The molecule has 21 heavy (non-hydrogen) atoms. The van der Waals surface area contributed by atoms with E-state index in [2.05, 4.69) is 26.3 Å². The Balaban J connectivity index is 2.33. The van der Waals surface area contributed by atoms with Gasteiger partial charge in [-0.3, -0.25) is 14.4 Å². The molecular formula is C14H21BrN4O2. The van der Waals surface area contributed by atoms with Gasteiger partial charge in [-0.15, -0.1) is 0 Å². The lowest BCUT2D eigenvalue weighted by Crippen LogP contribution is -2.43. The minimum absolute atomic E-state index is 0.177. The van der Waals surface area contributed by atoms with Crippen molar-refractivity contribution in [2.24, 2.45) is 0 Å². The average molecular weight is 357 g/mol. The summed E-state index contributed by atoms with van der Waals surface area (Å²) in [6.45, 7) is 8.60. The zero-order chi connectivity index (χ0) is 15.8. The van der Waals surface area contributed by atoms with E-state index in [1.54, 1.807) is 6.92 Å². The molecule has 1 aliphatic heterocycles. The third-order valence-corrected chi connectivity index (χ3v) is 4.97. The van der Waals surface area contributed by atoms with Crippen LogP contribution in [0.4, 0.5) is 4.79 Å². The Bertz CT molecular complexity index is 584. The van der Waals surface area contributed by atoms with Crippen LogP contribution in [0, 0.1) is 0 Å². The van der Waals surface area contributed by atoms with Crippen molar-refractivity contribution < 1.29 is 9.59 Å². The molecule has 116 valence electrons. The minimum atomic E-state index is -0.797. The van der Waals surface area contributed by atoms with Gasteiger partial charge in [0.05, 0.1) is 22.4 Å². The second-order valence-corrected chi connectivity index (χ2v) is 6.18. The molecule has 1 aromatic heterocycles. The summed E-state index contributed by atoms with van der Waals surface area (Å²) in [6, 6.07) is -0.335. The third kappa shape index (κ3) is 2.59. The fourth-order valence-electron chi connectivity index (χ4n) is 2.45. The van der Waals surface area contributed by atoms with Crippen LogP contribution < -0.4 is 5.32 Å². The number of rotatable bonds is 5. The summed E-state index contributed by atoms with van der Waals surface area (Å²) in [5, 5.41) is 7.27. The Morgan fingerprint density at radius 1 is 1.29 bits per heavy atom. The highest BCUT2D eigenvalue weighted by molar-refractivity contribution is 9.10. The van der Waals surface area contributed by atoms with E-state index in [0.717, 1.165) is 22.3 Å². The maximum absolute atomic E-state index is 12.5. The molecule has 0 saturated carbocycles. The monoisotopic (exact) mass is 356 g/mol. The van der Waals surface area contributed by atoms with Crippen LogP contribution in [0.1, 0.15) is 45.5 Å². The first-order valence-corrected chi connectivity index (χ1v) is 8.05. The van der Waals surface area contributed by atoms with E-state index < -0.39 is 5.54 Å². The molecule has 0 spiro atoms. The number of hydrogen-bond acceptors (Lipinski definition) is 3. The van der Waals surface area contributed by atoms with Gasteiger partial charge in [0, 0.05) is 6.54 Å². The van der Waals surface area contributed by atoms with Crippen molar-refractivity contribution in [2.75, 3.05) is 0 Å². The van der Waals surface area contributed by atoms with Gasteiger partial charge in [0.15, 0.2) is 0 Å². The topological polar surface area (TPSA) is 67.2 Å². The van der Waals surface area contributed by atoms with Crippen LogP contribution in [-0.4, -0.2) is 32.2 Å². The number of imide groups is 1. The van der Waals surface area contributed by atoms with Crippen LogP contribution >= 0.6 is 15.9 Å². The van der Waals surface area contributed by atoms with Gasteiger partial charge in [0.2, 0.25) is 0 Å². The second kappa shape index (κ2) is 5.79. The number of urea groups is 1.